The summed E-state index contributed by atoms with van der Waals surface area (Å²) in [5, 5.41) is 8.90. The summed E-state index contributed by atoms with van der Waals surface area (Å²) in [6.45, 7) is 8.37. The summed E-state index contributed by atoms with van der Waals surface area (Å²) in [4.78, 5) is 14.2. The molecule has 2 rings (SSSR count). The van der Waals surface area contributed by atoms with Gasteiger partial charge < -0.3 is 19.9 Å². The summed E-state index contributed by atoms with van der Waals surface area (Å²) >= 11 is 1.41. The Morgan fingerprint density at radius 1 is 1.38 bits per heavy atom. The first-order valence-electron chi connectivity index (χ1n) is 7.17. The Morgan fingerprint density at radius 3 is 2.67 bits per heavy atom. The van der Waals surface area contributed by atoms with E-state index in [0.29, 0.717) is 31.9 Å². The number of aryl methyl sites for hydroxylation is 1. The van der Waals surface area contributed by atoms with E-state index in [4.69, 9.17) is 10.5 Å². The summed E-state index contributed by atoms with van der Waals surface area (Å²) in [5.41, 5.74) is 5.59. The van der Waals surface area contributed by atoms with Crippen LogP contribution in [-0.2, 0) is 16.1 Å². The molecule has 0 saturated carbocycles. The number of amides is 1. The van der Waals surface area contributed by atoms with Crippen LogP contribution < -0.4 is 5.73 Å². The van der Waals surface area contributed by atoms with Crippen molar-refractivity contribution in [2.24, 2.45) is 5.73 Å². The Labute approximate surface area is 129 Å². The first-order valence-corrected chi connectivity index (χ1v) is 8.15. The van der Waals surface area contributed by atoms with Crippen molar-refractivity contribution in [3.05, 3.63) is 5.82 Å². The lowest BCUT2D eigenvalue weighted by Gasteiger charge is -2.35. The Bertz CT molecular complexity index is 483. The molecule has 0 spiro atoms. The minimum Gasteiger partial charge on any atom is -0.372 e. The molecule has 2 atom stereocenters. The van der Waals surface area contributed by atoms with Gasteiger partial charge in [0.15, 0.2) is 5.16 Å². The lowest BCUT2D eigenvalue weighted by atomic mass is 10.2. The van der Waals surface area contributed by atoms with E-state index in [1.54, 1.807) is 0 Å². The second-order valence-electron chi connectivity index (χ2n) is 5.31. The normalized spacial score (nSPS) is 22.6. The molecule has 0 radical (unpaired) electrons. The molecule has 1 saturated heterocycles. The number of ether oxygens (including phenoxy) is 1. The highest BCUT2D eigenvalue weighted by Crippen LogP contribution is 2.18. The molecule has 1 aliphatic heterocycles. The van der Waals surface area contributed by atoms with E-state index in [1.807, 2.05) is 30.2 Å². The molecule has 2 unspecified atom stereocenters. The van der Waals surface area contributed by atoms with E-state index >= 15 is 0 Å². The minimum absolute atomic E-state index is 0.0887. The molecule has 1 amide bonds. The molecule has 2 N–H and O–H groups in total. The Morgan fingerprint density at radius 2 is 2.05 bits per heavy atom. The van der Waals surface area contributed by atoms with Gasteiger partial charge in [0.2, 0.25) is 5.91 Å². The van der Waals surface area contributed by atoms with Crippen LogP contribution in [0, 0.1) is 6.92 Å². The zero-order chi connectivity index (χ0) is 15.4. The van der Waals surface area contributed by atoms with Crippen LogP contribution in [-0.4, -0.2) is 63.2 Å². The first kappa shape index (κ1) is 16.3. The Hall–Kier alpha value is -1.12. The minimum atomic E-state index is 0.0887. The third-order valence-electron chi connectivity index (χ3n) is 3.35. The molecule has 118 valence electrons. The van der Waals surface area contributed by atoms with E-state index in [9.17, 15) is 4.79 Å². The van der Waals surface area contributed by atoms with Crippen molar-refractivity contribution in [3.8, 4) is 0 Å². The van der Waals surface area contributed by atoms with Gasteiger partial charge in [0.05, 0.1) is 18.0 Å². The van der Waals surface area contributed by atoms with Crippen molar-refractivity contribution < 1.29 is 9.53 Å². The first-order chi connectivity index (χ1) is 10.0. The largest absolute Gasteiger partial charge is 0.372 e. The van der Waals surface area contributed by atoms with Gasteiger partial charge in [0.25, 0.3) is 0 Å². The van der Waals surface area contributed by atoms with Crippen LogP contribution in [0.15, 0.2) is 5.16 Å². The van der Waals surface area contributed by atoms with Crippen LogP contribution >= 0.6 is 11.8 Å². The number of carbonyl (C=O) groups is 1. The van der Waals surface area contributed by atoms with Gasteiger partial charge in [-0.1, -0.05) is 11.8 Å². The number of hydrogen-bond donors (Lipinski definition) is 1. The number of morpholine rings is 1. The SMILES string of the molecule is Cc1nnc(SCC(=O)N2CC(C)OC(C)C2)n1CCN. The summed E-state index contributed by atoms with van der Waals surface area (Å²) in [6.07, 6.45) is 0.177. The van der Waals surface area contributed by atoms with E-state index < -0.39 is 0 Å². The number of carbonyl (C=O) groups excluding carboxylic acids is 1. The highest BCUT2D eigenvalue weighted by molar-refractivity contribution is 7.99. The number of rotatable bonds is 5. The van der Waals surface area contributed by atoms with Gasteiger partial charge in [0, 0.05) is 26.2 Å². The maximum Gasteiger partial charge on any atom is 0.233 e. The predicted molar refractivity (Wildman–Crippen MR) is 81.1 cm³/mol. The van der Waals surface area contributed by atoms with Crippen LogP contribution in [0.1, 0.15) is 19.7 Å². The van der Waals surface area contributed by atoms with Crippen molar-refractivity contribution in [1.82, 2.24) is 19.7 Å². The van der Waals surface area contributed by atoms with Crippen LogP contribution in [0.5, 0.6) is 0 Å². The zero-order valence-electron chi connectivity index (χ0n) is 12.8. The quantitative estimate of drug-likeness (QED) is 0.786. The third-order valence-corrected chi connectivity index (χ3v) is 4.30. The third kappa shape index (κ3) is 4.18. The fourth-order valence-corrected chi connectivity index (χ4v) is 3.37. The van der Waals surface area contributed by atoms with Gasteiger partial charge >= 0.3 is 0 Å². The van der Waals surface area contributed by atoms with Gasteiger partial charge in [-0.2, -0.15) is 0 Å². The van der Waals surface area contributed by atoms with Crippen LogP contribution in [0.2, 0.25) is 0 Å². The van der Waals surface area contributed by atoms with E-state index in [-0.39, 0.29) is 18.1 Å². The molecule has 8 heteroatoms. The molecule has 1 aromatic rings. The number of hydrogen-bond acceptors (Lipinski definition) is 6. The van der Waals surface area contributed by atoms with Crippen molar-refractivity contribution in [2.75, 3.05) is 25.4 Å². The smallest absolute Gasteiger partial charge is 0.233 e. The van der Waals surface area contributed by atoms with Crippen LogP contribution in [0.3, 0.4) is 0 Å². The molecule has 1 aromatic heterocycles. The second-order valence-corrected chi connectivity index (χ2v) is 6.26. The van der Waals surface area contributed by atoms with E-state index in [1.165, 1.54) is 11.8 Å². The Kier molecular flexibility index (Phi) is 5.60. The zero-order valence-corrected chi connectivity index (χ0v) is 13.6. The maximum absolute atomic E-state index is 12.3. The second kappa shape index (κ2) is 7.24. The molecule has 1 fully saturated rings. The average molecular weight is 313 g/mol. The van der Waals surface area contributed by atoms with Gasteiger partial charge in [-0.3, -0.25) is 4.79 Å². The van der Waals surface area contributed by atoms with Crippen LogP contribution in [0.25, 0.3) is 0 Å². The van der Waals surface area contributed by atoms with Gasteiger partial charge in [0.1, 0.15) is 5.82 Å². The van der Waals surface area contributed by atoms with Crippen molar-refractivity contribution in [3.63, 3.8) is 0 Å². The predicted octanol–water partition coefficient (Wildman–Crippen LogP) is 0.273. The standard InChI is InChI=1S/C13H23N5O2S/c1-9-6-17(7-10(2)20-9)12(19)8-21-13-16-15-11(3)18(13)5-4-14/h9-10H,4-8,14H2,1-3H3. The summed E-state index contributed by atoms with van der Waals surface area (Å²) < 4.78 is 7.59. The van der Waals surface area contributed by atoms with E-state index in [2.05, 4.69) is 10.2 Å². The van der Waals surface area contributed by atoms with Crippen molar-refractivity contribution >= 4 is 17.7 Å². The van der Waals surface area contributed by atoms with Crippen molar-refractivity contribution in [1.29, 1.82) is 0 Å². The van der Waals surface area contributed by atoms with Crippen LogP contribution in [0.4, 0.5) is 0 Å². The van der Waals surface area contributed by atoms with E-state index in [0.717, 1.165) is 11.0 Å². The fourth-order valence-electron chi connectivity index (χ4n) is 2.45. The molecule has 2 heterocycles. The molecule has 0 bridgehead atoms. The lowest BCUT2D eigenvalue weighted by molar-refractivity contribution is -0.140. The average Bonchev–Trinajstić information content (AvgIpc) is 2.77. The lowest BCUT2D eigenvalue weighted by Crippen LogP contribution is -2.48. The topological polar surface area (TPSA) is 86.3 Å². The Balaban J connectivity index is 1.92. The summed E-state index contributed by atoms with van der Waals surface area (Å²) in [5.74, 6) is 1.30. The number of nitrogens with two attached hydrogens (primary N) is 1. The monoisotopic (exact) mass is 313 g/mol. The highest BCUT2D eigenvalue weighted by Gasteiger charge is 2.26. The molecule has 7 nitrogen and oxygen atoms in total. The van der Waals surface area contributed by atoms with Gasteiger partial charge in [-0.05, 0) is 20.8 Å². The molecule has 21 heavy (non-hydrogen) atoms. The summed E-state index contributed by atoms with van der Waals surface area (Å²) in [7, 11) is 0. The maximum atomic E-state index is 12.3. The number of aromatic nitrogens is 3. The van der Waals surface area contributed by atoms with Gasteiger partial charge in [-0.15, -0.1) is 10.2 Å². The van der Waals surface area contributed by atoms with Crippen molar-refractivity contribution in [2.45, 2.75) is 44.7 Å². The number of nitrogens with zero attached hydrogens (tertiary/aromatic N) is 4. The summed E-state index contributed by atoms with van der Waals surface area (Å²) in [6, 6.07) is 0. The molecule has 0 aromatic carbocycles. The molecular formula is C13H23N5O2S. The molecule has 0 aliphatic carbocycles. The fraction of sp³-hybridized carbons (Fsp3) is 0.769. The van der Waals surface area contributed by atoms with Gasteiger partial charge in [-0.25, -0.2) is 0 Å². The molecule has 1 aliphatic rings. The number of thioether (sulfide) groups is 1. The highest BCUT2D eigenvalue weighted by atomic mass is 32.2. The molecular weight excluding hydrogens is 290 g/mol.